The maximum Gasteiger partial charge on any atom is 0.129 e. The summed E-state index contributed by atoms with van der Waals surface area (Å²) in [7, 11) is -10.1. The van der Waals surface area contributed by atoms with Crippen molar-refractivity contribution >= 4 is 90.7 Å². The zero-order valence-electron chi connectivity index (χ0n) is 28.8. The monoisotopic (exact) mass is 764 g/mol. The van der Waals surface area contributed by atoms with Gasteiger partial charge in [0.05, 0.1) is 40.2 Å². The minimum atomic E-state index is -1.75. The van der Waals surface area contributed by atoms with Crippen LogP contribution in [0.15, 0.2) is 0 Å². The Balaban J connectivity index is 2.92. The third kappa shape index (κ3) is 5.53. The molecule has 8 heteroatoms. The molecule has 220 valence electrons. The molecular formula is C32H54Br2Si6. The molecule has 0 amide bonds. The lowest BCUT2D eigenvalue weighted by Gasteiger charge is -2.57. The van der Waals surface area contributed by atoms with Crippen LogP contribution in [0.2, 0.25) is 118 Å². The van der Waals surface area contributed by atoms with Crippen molar-refractivity contribution in [2.75, 3.05) is 0 Å². The van der Waals surface area contributed by atoms with Crippen LogP contribution in [0.1, 0.15) is 22.3 Å². The van der Waals surface area contributed by atoms with Gasteiger partial charge in [-0.05, 0) is 21.6 Å². The van der Waals surface area contributed by atoms with E-state index in [-0.39, 0.29) is 7.90 Å². The molecule has 0 saturated carbocycles. The largest absolute Gasteiger partial charge is 0.129 e. The number of hydrogen-bond donors (Lipinski definition) is 0. The number of rotatable bonds is 4. The van der Waals surface area contributed by atoms with E-state index in [0.29, 0.717) is 0 Å². The molecular weight excluding hydrogens is 713 g/mol. The van der Waals surface area contributed by atoms with Crippen molar-refractivity contribution in [3.05, 3.63) is 32.7 Å². The van der Waals surface area contributed by atoms with E-state index in [0.717, 1.165) is 0 Å². The van der Waals surface area contributed by atoms with Crippen LogP contribution in [-0.4, -0.2) is 48.4 Å². The normalized spacial score (nSPS) is 23.2. The summed E-state index contributed by atoms with van der Waals surface area (Å²) in [5.74, 6) is 7.92. The Morgan fingerprint density at radius 1 is 0.450 bits per heavy atom. The molecule has 3 rings (SSSR count). The van der Waals surface area contributed by atoms with Gasteiger partial charge in [-0.25, -0.2) is 0 Å². The van der Waals surface area contributed by atoms with Crippen molar-refractivity contribution in [3.8, 4) is 22.9 Å². The molecule has 0 aromatic heterocycles. The van der Waals surface area contributed by atoms with Gasteiger partial charge in [-0.3, -0.25) is 0 Å². The fourth-order valence-electron chi connectivity index (χ4n) is 6.44. The summed E-state index contributed by atoms with van der Waals surface area (Å²) in [6.07, 6.45) is 0. The summed E-state index contributed by atoms with van der Waals surface area (Å²) in [6, 6.07) is 0. The van der Waals surface area contributed by atoms with Gasteiger partial charge < -0.3 is 0 Å². The molecule has 0 radical (unpaired) electrons. The molecule has 1 aromatic rings. The predicted octanol–water partition coefficient (Wildman–Crippen LogP) is 9.16. The molecule has 0 nitrogen and oxygen atoms in total. The average molecular weight is 767 g/mol. The minimum absolute atomic E-state index is 0.0534. The number of hydrogen-bond acceptors (Lipinski definition) is 0. The highest BCUT2D eigenvalue weighted by molar-refractivity contribution is 9.10. The molecule has 2 atom stereocenters. The van der Waals surface area contributed by atoms with E-state index in [1.165, 1.54) is 32.7 Å². The number of alkyl halides is 2. The van der Waals surface area contributed by atoms with Crippen LogP contribution < -0.4 is 10.4 Å². The van der Waals surface area contributed by atoms with E-state index in [1.807, 2.05) is 0 Å². The summed E-state index contributed by atoms with van der Waals surface area (Å²) in [5.41, 5.74) is 13.4. The molecule has 0 N–H and O–H groups in total. The Bertz CT molecular complexity index is 1410. The fraction of sp³-hybridized carbons (Fsp3) is 0.625. The number of halogens is 2. The van der Waals surface area contributed by atoms with Crippen LogP contribution in [0.5, 0.6) is 0 Å². The molecule has 0 aliphatic heterocycles. The van der Waals surface area contributed by atoms with Gasteiger partial charge in [-0.2, -0.15) is 0 Å². The molecule has 0 saturated heterocycles. The lowest BCUT2D eigenvalue weighted by molar-refractivity contribution is 0.931. The maximum absolute atomic E-state index is 4.57. The van der Waals surface area contributed by atoms with Gasteiger partial charge >= 0.3 is 0 Å². The molecule has 0 spiro atoms. The van der Waals surface area contributed by atoms with Crippen LogP contribution in [0.3, 0.4) is 0 Å². The highest BCUT2D eigenvalue weighted by atomic mass is 79.9. The van der Waals surface area contributed by atoms with Crippen LogP contribution in [0.4, 0.5) is 0 Å². The molecule has 0 fully saturated rings. The Morgan fingerprint density at radius 2 is 0.700 bits per heavy atom. The molecule has 2 aliphatic carbocycles. The highest BCUT2D eigenvalue weighted by Gasteiger charge is 2.62. The summed E-state index contributed by atoms with van der Waals surface area (Å²) < 4.78 is -0.107. The van der Waals surface area contributed by atoms with Crippen molar-refractivity contribution in [1.29, 1.82) is 0 Å². The Labute approximate surface area is 270 Å². The van der Waals surface area contributed by atoms with Crippen molar-refractivity contribution in [1.82, 2.24) is 0 Å². The molecule has 40 heavy (non-hydrogen) atoms. The standard InChI is InChI=1S/C32H54Br2Si6/c1-35(2,3)21-19-23-25-28(32(34,40(16,17)18)29(25)37(7,8)9)24(20-22-36(4,5)6)26-27(23)31(33,39(13,14)15)30(26)38(10,11)12/h1-18H3/t31-,32+. The molecule has 0 bridgehead atoms. The van der Waals surface area contributed by atoms with E-state index in [1.54, 1.807) is 10.4 Å². The van der Waals surface area contributed by atoms with Gasteiger partial charge in [0.1, 0.15) is 16.1 Å². The summed E-state index contributed by atoms with van der Waals surface area (Å²) >= 11 is 9.14. The summed E-state index contributed by atoms with van der Waals surface area (Å²) in [4.78, 5) is 0. The summed E-state index contributed by atoms with van der Waals surface area (Å²) in [6.45, 7) is 44.8. The molecule has 1 aromatic carbocycles. The van der Waals surface area contributed by atoms with Crippen molar-refractivity contribution in [2.24, 2.45) is 0 Å². The predicted molar refractivity (Wildman–Crippen MR) is 208 cm³/mol. The third-order valence-corrected chi connectivity index (χ3v) is 29.2. The topological polar surface area (TPSA) is 0 Å². The first-order chi connectivity index (χ1) is 17.4. The van der Waals surface area contributed by atoms with Crippen molar-refractivity contribution in [2.45, 2.75) is 126 Å². The SMILES string of the molecule is C[Si](C)(C)C#Cc1c2c(c(C#C[Si](C)(C)C)c3c1=C([Si](C)(C)C)[C@]3(Br)[Si](C)(C)C)=C([Si](C)(C)C)[C@@]2(Br)[Si](C)(C)C. The zero-order valence-corrected chi connectivity index (χ0v) is 37.9. The van der Waals surface area contributed by atoms with Gasteiger partial charge in [-0.15, -0.1) is 11.1 Å². The lowest BCUT2D eigenvalue weighted by atomic mass is 9.79. The first-order valence-corrected chi connectivity index (χ1v) is 37.5. The Kier molecular flexibility index (Phi) is 8.64. The van der Waals surface area contributed by atoms with Crippen LogP contribution >= 0.6 is 31.9 Å². The summed E-state index contributed by atoms with van der Waals surface area (Å²) in [5, 5.41) is 6.39. The lowest BCUT2D eigenvalue weighted by Crippen LogP contribution is -2.68. The zero-order chi connectivity index (χ0) is 31.4. The van der Waals surface area contributed by atoms with Gasteiger partial charge in [0.2, 0.25) is 0 Å². The Hall–Kier alpha value is 0.341. The Morgan fingerprint density at radius 3 is 0.875 bits per heavy atom. The maximum atomic E-state index is 4.57. The van der Waals surface area contributed by atoms with E-state index in [9.17, 15) is 0 Å². The van der Waals surface area contributed by atoms with E-state index in [2.05, 4.69) is 173 Å². The van der Waals surface area contributed by atoms with E-state index >= 15 is 0 Å². The second-order valence-corrected chi connectivity index (χ2v) is 52.2. The van der Waals surface area contributed by atoms with Crippen LogP contribution in [-0.2, 0) is 7.90 Å². The van der Waals surface area contributed by atoms with Crippen molar-refractivity contribution < 1.29 is 0 Å². The number of fused-ring (bicyclic) bond motifs is 2. The van der Waals surface area contributed by atoms with Crippen LogP contribution in [0.25, 0.3) is 10.4 Å². The molecule has 0 unspecified atom stereocenters. The molecule has 0 heterocycles. The smallest absolute Gasteiger partial charge is 0.127 e. The highest BCUT2D eigenvalue weighted by Crippen LogP contribution is 2.59. The van der Waals surface area contributed by atoms with Gasteiger partial charge in [0.25, 0.3) is 0 Å². The molecule has 2 aliphatic rings. The van der Waals surface area contributed by atoms with E-state index < -0.39 is 48.4 Å². The first kappa shape index (κ1) is 34.8. The quantitative estimate of drug-likeness (QED) is 0.163. The van der Waals surface area contributed by atoms with Gasteiger partial charge in [-0.1, -0.05) is 172 Å². The first-order valence-electron chi connectivity index (χ1n) is 14.9. The second kappa shape index (κ2) is 9.92. The second-order valence-electron chi connectivity index (χ2n) is 18.3. The van der Waals surface area contributed by atoms with E-state index in [4.69, 9.17) is 0 Å². The minimum Gasteiger partial charge on any atom is -0.127 e. The van der Waals surface area contributed by atoms with Gasteiger partial charge in [0, 0.05) is 11.1 Å². The van der Waals surface area contributed by atoms with Crippen LogP contribution in [0, 0.1) is 22.9 Å². The third-order valence-electron chi connectivity index (χ3n) is 8.07. The fourth-order valence-corrected chi connectivity index (χ4v) is 24.8. The average Bonchev–Trinajstić information content (AvgIpc) is 2.64. The van der Waals surface area contributed by atoms with Gasteiger partial charge in [0.15, 0.2) is 0 Å². The van der Waals surface area contributed by atoms with Crippen molar-refractivity contribution in [3.63, 3.8) is 0 Å². The number of benzene rings is 1.